The molecule has 2 N–H and O–H groups in total. The van der Waals surface area contributed by atoms with Gasteiger partial charge in [0.2, 0.25) is 0 Å². The molecule has 0 saturated carbocycles. The van der Waals surface area contributed by atoms with E-state index in [0.717, 1.165) is 22.3 Å². The second-order valence-electron chi connectivity index (χ2n) is 12.6. The third-order valence-electron chi connectivity index (χ3n) is 8.15. The lowest BCUT2D eigenvalue weighted by Crippen LogP contribution is -2.71. The van der Waals surface area contributed by atoms with E-state index in [1.54, 1.807) is 26.2 Å². The van der Waals surface area contributed by atoms with E-state index in [0.29, 0.717) is 15.3 Å². The van der Waals surface area contributed by atoms with Gasteiger partial charge in [0.1, 0.15) is 41.1 Å². The molecule has 2 atom stereocenters. The number of aromatic nitrogens is 1. The van der Waals surface area contributed by atoms with Crippen molar-refractivity contribution in [3.8, 4) is 0 Å². The molecule has 258 valence electrons. The van der Waals surface area contributed by atoms with E-state index in [1.165, 1.54) is 35.1 Å². The fourth-order valence-corrected chi connectivity index (χ4v) is 9.08. The van der Waals surface area contributed by atoms with Crippen LogP contribution < -0.4 is 10.6 Å². The van der Waals surface area contributed by atoms with Crippen molar-refractivity contribution in [2.75, 3.05) is 22.6 Å². The van der Waals surface area contributed by atoms with Crippen molar-refractivity contribution < 1.29 is 24.0 Å². The summed E-state index contributed by atoms with van der Waals surface area (Å²) in [7, 11) is 1.35. The molecule has 1 fully saturated rings. The van der Waals surface area contributed by atoms with E-state index in [1.807, 2.05) is 54.6 Å². The molecular formula is C37H36IN5O5S2. The number of halogens is 1. The number of nitrogens with one attached hydrogen (secondary N) is 2. The number of carbonyl (C=O) groups is 3. The number of β-lactam (4-membered cyclic amide) rings is 1. The smallest absolute Gasteiger partial charge is 0.355 e. The Kier molecular flexibility index (Phi) is 10.6. The second-order valence-corrected chi connectivity index (χ2v) is 15.3. The number of ether oxygens (including phenoxy) is 1. The Morgan fingerprint density at radius 1 is 0.960 bits per heavy atom. The Bertz CT molecular complexity index is 1830. The molecule has 1 saturated heterocycles. The van der Waals surface area contributed by atoms with Crippen LogP contribution in [0.25, 0.3) is 0 Å². The summed E-state index contributed by atoms with van der Waals surface area (Å²) >= 11 is 5.00. The van der Waals surface area contributed by atoms with Gasteiger partial charge in [0.05, 0.1) is 0 Å². The number of fused-ring (bicyclic) bond motifs is 1. The molecule has 0 unspecified atom stereocenters. The summed E-state index contributed by atoms with van der Waals surface area (Å²) in [6.45, 7) is 5.35. The second kappa shape index (κ2) is 15.0. The molecule has 1 aromatic heterocycles. The Morgan fingerprint density at radius 3 is 2.02 bits per heavy atom. The molecule has 0 bridgehead atoms. The van der Waals surface area contributed by atoms with Crippen LogP contribution in [0.3, 0.4) is 0 Å². The largest absolute Gasteiger partial charge is 0.455 e. The quantitative estimate of drug-likeness (QED) is 0.0343. The number of oxime groups is 1. The van der Waals surface area contributed by atoms with Gasteiger partial charge in [0.15, 0.2) is 10.8 Å². The van der Waals surface area contributed by atoms with E-state index in [9.17, 15) is 14.4 Å². The van der Waals surface area contributed by atoms with Crippen LogP contribution in [-0.4, -0.2) is 67.7 Å². The van der Waals surface area contributed by atoms with Gasteiger partial charge in [0.25, 0.3) is 11.8 Å². The first-order valence-corrected chi connectivity index (χ1v) is 19.3. The summed E-state index contributed by atoms with van der Waals surface area (Å²) in [6.07, 6.45) is 0. The fraction of sp³-hybridized carbons (Fsp3) is 0.270. The van der Waals surface area contributed by atoms with Crippen molar-refractivity contribution in [3.63, 3.8) is 0 Å². The Labute approximate surface area is 312 Å². The number of alkyl halides is 1. The maximum atomic E-state index is 13.8. The summed E-state index contributed by atoms with van der Waals surface area (Å²) < 4.78 is 6.20. The molecule has 0 spiro atoms. The van der Waals surface area contributed by atoms with Crippen molar-refractivity contribution in [1.82, 2.24) is 15.2 Å². The number of amides is 2. The number of anilines is 1. The predicted octanol–water partition coefficient (Wildman–Crippen LogP) is 6.33. The molecule has 2 aliphatic rings. The summed E-state index contributed by atoms with van der Waals surface area (Å²) in [6, 6.07) is 29.5. The van der Waals surface area contributed by atoms with Crippen LogP contribution in [0.1, 0.15) is 43.2 Å². The van der Waals surface area contributed by atoms with Crippen molar-refractivity contribution in [1.29, 1.82) is 0 Å². The first-order valence-electron chi connectivity index (χ1n) is 15.9. The van der Waals surface area contributed by atoms with Crippen molar-refractivity contribution in [3.05, 3.63) is 130 Å². The van der Waals surface area contributed by atoms with Crippen LogP contribution in [0.2, 0.25) is 0 Å². The number of thioether (sulfide) groups is 1. The minimum Gasteiger partial charge on any atom is -0.455 e. The van der Waals surface area contributed by atoms with Crippen molar-refractivity contribution in [2.45, 2.75) is 43.3 Å². The molecular weight excluding hydrogens is 785 g/mol. The number of hydrogen-bond acceptors (Lipinski definition) is 10. The van der Waals surface area contributed by atoms with Crippen LogP contribution in [0, 0.1) is 0 Å². The third kappa shape index (κ3) is 7.03. The molecule has 13 heteroatoms. The summed E-state index contributed by atoms with van der Waals surface area (Å²) in [5, 5.41) is 12.4. The number of hydrogen-bond donors (Lipinski definition) is 2. The van der Waals surface area contributed by atoms with Gasteiger partial charge in [-0.1, -0.05) is 119 Å². The van der Waals surface area contributed by atoms with Gasteiger partial charge in [-0.2, -0.15) is 0 Å². The van der Waals surface area contributed by atoms with Gasteiger partial charge < -0.3 is 20.2 Å². The fourth-order valence-electron chi connectivity index (χ4n) is 5.99. The average Bonchev–Trinajstić information content (AvgIpc) is 3.59. The lowest BCUT2D eigenvalue weighted by atomic mass is 9.77. The molecule has 3 heterocycles. The minimum absolute atomic E-state index is 0.0792. The van der Waals surface area contributed by atoms with Crippen LogP contribution in [0.15, 0.2) is 113 Å². The highest BCUT2D eigenvalue weighted by molar-refractivity contribution is 14.1. The molecule has 2 amide bonds. The summed E-state index contributed by atoms with van der Waals surface area (Å²) in [4.78, 5) is 51.8. The summed E-state index contributed by atoms with van der Waals surface area (Å²) in [5.41, 5.74) is 2.73. The van der Waals surface area contributed by atoms with Crippen LogP contribution in [0.5, 0.6) is 0 Å². The third-order valence-corrected chi connectivity index (χ3v) is 11.2. The molecule has 0 aliphatic carbocycles. The van der Waals surface area contributed by atoms with E-state index >= 15 is 0 Å². The predicted molar refractivity (Wildman–Crippen MR) is 205 cm³/mol. The van der Waals surface area contributed by atoms with E-state index in [2.05, 4.69) is 74.8 Å². The van der Waals surface area contributed by atoms with Crippen LogP contribution in [0.4, 0.5) is 5.13 Å². The first kappa shape index (κ1) is 35.6. The topological polar surface area (TPSA) is 122 Å². The highest BCUT2D eigenvalue weighted by Crippen LogP contribution is 2.42. The zero-order valence-corrected chi connectivity index (χ0v) is 31.7. The molecule has 6 rings (SSSR count). The van der Waals surface area contributed by atoms with Gasteiger partial charge in [-0.05, 0) is 43.0 Å². The van der Waals surface area contributed by atoms with Crippen molar-refractivity contribution in [2.24, 2.45) is 5.16 Å². The lowest BCUT2D eigenvalue weighted by Gasteiger charge is -2.49. The van der Waals surface area contributed by atoms with E-state index in [-0.39, 0.29) is 17.1 Å². The first-order chi connectivity index (χ1) is 24.1. The van der Waals surface area contributed by atoms with Gasteiger partial charge in [-0.25, -0.2) is 9.78 Å². The number of benzene rings is 3. The lowest BCUT2D eigenvalue weighted by molar-refractivity contribution is -0.158. The highest BCUT2D eigenvalue weighted by atomic mass is 127. The number of esters is 1. The number of thiazole rings is 1. The standard InChI is InChI=1S/C37H36IN5O5S2/c1-36(2,3)48-34(46)30-23(20-38)21-49-33-29(32(45)43(30)33)40-31(44)28(42-47-4)27-22-50-35(39-27)41-37(24-14-8-5-9-15-24,25-16-10-6-11-17-25)26-18-12-7-13-19-26/h5-19,22,29,33H,20-21H2,1-4H3,(H,39,41)(H,40,44)/b42-28-/t29-,33-/m1/s1. The highest BCUT2D eigenvalue weighted by Gasteiger charge is 2.55. The van der Waals surface area contributed by atoms with Gasteiger partial charge >= 0.3 is 5.97 Å². The van der Waals surface area contributed by atoms with Crippen molar-refractivity contribution >= 4 is 74.3 Å². The Hall–Kier alpha value is -4.21. The molecule has 10 nitrogen and oxygen atoms in total. The summed E-state index contributed by atoms with van der Waals surface area (Å²) in [5.74, 6) is -1.03. The maximum Gasteiger partial charge on any atom is 0.355 e. The van der Waals surface area contributed by atoms with E-state index < -0.39 is 40.3 Å². The van der Waals surface area contributed by atoms with Crippen LogP contribution in [-0.2, 0) is 29.5 Å². The Morgan fingerprint density at radius 2 is 1.52 bits per heavy atom. The van der Waals surface area contributed by atoms with Gasteiger partial charge in [0, 0.05) is 15.6 Å². The number of carbonyl (C=O) groups excluding carboxylic acids is 3. The zero-order valence-electron chi connectivity index (χ0n) is 27.9. The zero-order chi connectivity index (χ0) is 35.5. The van der Waals surface area contributed by atoms with E-state index in [4.69, 9.17) is 14.6 Å². The number of nitrogens with zero attached hydrogens (tertiary/aromatic N) is 3. The number of rotatable bonds is 11. The van der Waals surface area contributed by atoms with Gasteiger partial charge in [-0.3, -0.25) is 14.5 Å². The SMILES string of the molecule is CO/N=C(\C(=O)N[C@@H]1C(=O)N2C(C(=O)OC(C)(C)C)=C(CI)CS[C@H]12)c1csc(NC(c2ccccc2)(c2ccccc2)c2ccccc2)n1. The molecule has 3 aromatic carbocycles. The monoisotopic (exact) mass is 821 g/mol. The minimum atomic E-state index is -0.874. The average molecular weight is 822 g/mol. The molecule has 2 aliphatic heterocycles. The normalized spacial score (nSPS) is 17.8. The van der Waals surface area contributed by atoms with Gasteiger partial charge in [-0.15, -0.1) is 23.1 Å². The molecule has 4 aromatic rings. The molecule has 50 heavy (non-hydrogen) atoms. The van der Waals surface area contributed by atoms with Crippen LogP contribution >= 0.6 is 45.7 Å². The molecule has 0 radical (unpaired) electrons. The maximum absolute atomic E-state index is 13.8. The Balaban J connectivity index is 1.27.